The molecule has 0 radical (unpaired) electrons. The van der Waals surface area contributed by atoms with Gasteiger partial charge < -0.3 is 9.47 Å². The fraction of sp³-hybridized carbons (Fsp3) is 1.00. The first-order valence-electron chi connectivity index (χ1n) is 5.67. The second kappa shape index (κ2) is 7.60. The van der Waals surface area contributed by atoms with Gasteiger partial charge >= 0.3 is 0 Å². The molecule has 0 bridgehead atoms. The summed E-state index contributed by atoms with van der Waals surface area (Å²) in [5.41, 5.74) is 0. The lowest BCUT2D eigenvalue weighted by atomic mass is 9.99. The third-order valence-electron chi connectivity index (χ3n) is 2.93. The predicted octanol–water partition coefficient (Wildman–Crippen LogP) is 1.75. The van der Waals surface area contributed by atoms with Crippen LogP contribution in [0, 0.1) is 5.92 Å². The maximum Gasteiger partial charge on any atom is 0.0700 e. The van der Waals surface area contributed by atoms with Crippen molar-refractivity contribution in [2.24, 2.45) is 5.92 Å². The third-order valence-corrected chi connectivity index (χ3v) is 4.13. The lowest BCUT2D eigenvalue weighted by Crippen LogP contribution is -2.41. The summed E-state index contributed by atoms with van der Waals surface area (Å²) in [6.45, 7) is 7.92. The lowest BCUT2D eigenvalue weighted by molar-refractivity contribution is 0.0525. The monoisotopic (exact) mass is 279 g/mol. The van der Waals surface area contributed by atoms with Crippen molar-refractivity contribution >= 4 is 15.9 Å². The van der Waals surface area contributed by atoms with Crippen molar-refractivity contribution in [3.63, 3.8) is 0 Å². The summed E-state index contributed by atoms with van der Waals surface area (Å²) in [7, 11) is 1.70. The molecular weight excluding hydrogens is 258 g/mol. The zero-order valence-electron chi connectivity index (χ0n) is 9.75. The van der Waals surface area contributed by atoms with Gasteiger partial charge in [0.25, 0.3) is 0 Å². The van der Waals surface area contributed by atoms with E-state index >= 15 is 0 Å². The van der Waals surface area contributed by atoms with Gasteiger partial charge in [-0.2, -0.15) is 0 Å². The maximum absolute atomic E-state index is 5.46. The molecule has 15 heavy (non-hydrogen) atoms. The van der Waals surface area contributed by atoms with Crippen LogP contribution >= 0.6 is 15.9 Å². The van der Waals surface area contributed by atoms with Crippen LogP contribution in [-0.4, -0.2) is 56.3 Å². The van der Waals surface area contributed by atoms with E-state index in [-0.39, 0.29) is 0 Å². The van der Waals surface area contributed by atoms with Crippen LogP contribution in [0.15, 0.2) is 0 Å². The second-order valence-electron chi connectivity index (χ2n) is 4.19. The van der Waals surface area contributed by atoms with Crippen LogP contribution in [0.25, 0.3) is 0 Å². The van der Waals surface area contributed by atoms with Crippen molar-refractivity contribution in [2.75, 3.05) is 46.6 Å². The SMILES string of the molecule is COCCOCCN1CCC(C)C(Br)C1. The van der Waals surface area contributed by atoms with Crippen LogP contribution in [0.5, 0.6) is 0 Å². The van der Waals surface area contributed by atoms with Gasteiger partial charge in [-0.15, -0.1) is 0 Å². The number of methoxy groups -OCH3 is 1. The summed E-state index contributed by atoms with van der Waals surface area (Å²) < 4.78 is 10.4. The lowest BCUT2D eigenvalue weighted by Gasteiger charge is -2.34. The number of piperidine rings is 1. The van der Waals surface area contributed by atoms with Crippen molar-refractivity contribution in [3.8, 4) is 0 Å². The first-order valence-corrected chi connectivity index (χ1v) is 6.58. The second-order valence-corrected chi connectivity index (χ2v) is 5.36. The number of hydrogen-bond acceptors (Lipinski definition) is 3. The van der Waals surface area contributed by atoms with Gasteiger partial charge in [0.15, 0.2) is 0 Å². The molecule has 4 heteroatoms. The summed E-state index contributed by atoms with van der Waals surface area (Å²) in [6.07, 6.45) is 1.29. The number of alkyl halides is 1. The van der Waals surface area contributed by atoms with Crippen molar-refractivity contribution in [1.29, 1.82) is 0 Å². The van der Waals surface area contributed by atoms with Crippen molar-refractivity contribution in [1.82, 2.24) is 4.90 Å². The maximum atomic E-state index is 5.46. The number of halogens is 1. The molecule has 0 aromatic rings. The zero-order valence-corrected chi connectivity index (χ0v) is 11.3. The van der Waals surface area contributed by atoms with Gasteiger partial charge in [0.1, 0.15) is 0 Å². The topological polar surface area (TPSA) is 21.7 Å². The molecule has 1 heterocycles. The fourth-order valence-corrected chi connectivity index (χ4v) is 2.40. The first-order chi connectivity index (χ1) is 7.24. The quantitative estimate of drug-likeness (QED) is 0.546. The Bertz CT molecular complexity index is 169. The van der Waals surface area contributed by atoms with E-state index in [1.165, 1.54) is 13.0 Å². The number of nitrogens with zero attached hydrogens (tertiary/aromatic N) is 1. The van der Waals surface area contributed by atoms with Gasteiger partial charge in [-0.1, -0.05) is 22.9 Å². The molecule has 2 unspecified atom stereocenters. The van der Waals surface area contributed by atoms with E-state index in [2.05, 4.69) is 27.8 Å². The van der Waals surface area contributed by atoms with Crippen LogP contribution in [-0.2, 0) is 9.47 Å². The summed E-state index contributed by atoms with van der Waals surface area (Å²) >= 11 is 3.73. The minimum absolute atomic E-state index is 0.644. The van der Waals surface area contributed by atoms with Crippen LogP contribution in [0.1, 0.15) is 13.3 Å². The average Bonchev–Trinajstić information content (AvgIpc) is 2.23. The molecule has 0 aromatic carbocycles. The van der Waals surface area contributed by atoms with E-state index < -0.39 is 0 Å². The molecule has 0 aliphatic carbocycles. The number of ether oxygens (including phenoxy) is 2. The van der Waals surface area contributed by atoms with Crippen LogP contribution in [0.3, 0.4) is 0 Å². The Morgan fingerprint density at radius 1 is 1.33 bits per heavy atom. The van der Waals surface area contributed by atoms with Crippen LogP contribution < -0.4 is 0 Å². The zero-order chi connectivity index (χ0) is 11.1. The molecule has 1 saturated heterocycles. The minimum Gasteiger partial charge on any atom is -0.382 e. The number of hydrogen-bond donors (Lipinski definition) is 0. The van der Waals surface area contributed by atoms with Crippen LogP contribution in [0.2, 0.25) is 0 Å². The molecule has 1 rings (SSSR count). The summed E-state index contributed by atoms with van der Waals surface area (Å²) in [5.74, 6) is 0.802. The molecule has 90 valence electrons. The summed E-state index contributed by atoms with van der Waals surface area (Å²) in [6, 6.07) is 0. The van der Waals surface area contributed by atoms with Gasteiger partial charge in [-0.05, 0) is 18.9 Å². The fourth-order valence-electron chi connectivity index (χ4n) is 1.73. The summed E-state index contributed by atoms with van der Waals surface area (Å²) in [5, 5.41) is 0. The standard InChI is InChI=1S/C11H22BrNO2/c1-10-3-4-13(9-11(10)12)5-6-15-8-7-14-2/h10-11H,3-9H2,1-2H3. The molecule has 3 nitrogen and oxygen atoms in total. The highest BCUT2D eigenvalue weighted by Gasteiger charge is 2.23. The molecule has 0 spiro atoms. The smallest absolute Gasteiger partial charge is 0.0700 e. The molecule has 1 aliphatic heterocycles. The molecular formula is C11H22BrNO2. The number of rotatable bonds is 6. The molecule has 2 atom stereocenters. The Kier molecular flexibility index (Phi) is 6.81. The molecule has 1 aliphatic rings. The first kappa shape index (κ1) is 13.4. The van der Waals surface area contributed by atoms with Gasteiger partial charge in [0, 0.05) is 25.0 Å². The highest BCUT2D eigenvalue weighted by atomic mass is 79.9. The van der Waals surface area contributed by atoms with Gasteiger partial charge in [0.2, 0.25) is 0 Å². The highest BCUT2D eigenvalue weighted by Crippen LogP contribution is 2.22. The van der Waals surface area contributed by atoms with Crippen molar-refractivity contribution in [2.45, 2.75) is 18.2 Å². The normalized spacial score (nSPS) is 28.2. The Balaban J connectivity index is 2.02. The van der Waals surface area contributed by atoms with Gasteiger partial charge in [-0.3, -0.25) is 4.90 Å². The predicted molar refractivity (Wildman–Crippen MR) is 65.6 cm³/mol. The van der Waals surface area contributed by atoms with E-state index in [4.69, 9.17) is 9.47 Å². The molecule has 0 amide bonds. The minimum atomic E-state index is 0.644. The molecule has 0 aromatic heterocycles. The van der Waals surface area contributed by atoms with Crippen molar-refractivity contribution in [3.05, 3.63) is 0 Å². The van der Waals surface area contributed by atoms with Crippen LogP contribution in [0.4, 0.5) is 0 Å². The summed E-state index contributed by atoms with van der Waals surface area (Å²) in [4.78, 5) is 3.11. The molecule has 0 saturated carbocycles. The van der Waals surface area contributed by atoms with Gasteiger partial charge in [-0.25, -0.2) is 0 Å². The highest BCUT2D eigenvalue weighted by molar-refractivity contribution is 9.09. The van der Waals surface area contributed by atoms with E-state index in [0.717, 1.165) is 25.6 Å². The van der Waals surface area contributed by atoms with Gasteiger partial charge in [0.05, 0.1) is 19.8 Å². The van der Waals surface area contributed by atoms with E-state index in [1.807, 2.05) is 0 Å². The van der Waals surface area contributed by atoms with E-state index in [9.17, 15) is 0 Å². The Morgan fingerprint density at radius 2 is 2.13 bits per heavy atom. The number of likely N-dealkylation sites (tertiary alicyclic amines) is 1. The third kappa shape index (κ3) is 5.29. The Labute approximate surface area is 101 Å². The Morgan fingerprint density at radius 3 is 2.80 bits per heavy atom. The molecule has 1 fully saturated rings. The Hall–Kier alpha value is 0.360. The average molecular weight is 280 g/mol. The largest absolute Gasteiger partial charge is 0.382 e. The van der Waals surface area contributed by atoms with E-state index in [1.54, 1.807) is 7.11 Å². The molecule has 0 N–H and O–H groups in total. The van der Waals surface area contributed by atoms with Crippen molar-refractivity contribution < 1.29 is 9.47 Å². The van der Waals surface area contributed by atoms with E-state index in [0.29, 0.717) is 18.0 Å².